The van der Waals surface area contributed by atoms with E-state index in [9.17, 15) is 19.6 Å². The van der Waals surface area contributed by atoms with Gasteiger partial charge in [0.05, 0.1) is 11.6 Å². The quantitative estimate of drug-likeness (QED) is 0.767. The summed E-state index contributed by atoms with van der Waals surface area (Å²) in [5, 5.41) is 11.6. The summed E-state index contributed by atoms with van der Waals surface area (Å²) >= 11 is 0. The zero-order chi connectivity index (χ0) is 19.1. The van der Waals surface area contributed by atoms with Gasteiger partial charge in [0.2, 0.25) is 11.8 Å². The summed E-state index contributed by atoms with van der Waals surface area (Å²) in [5.74, 6) is -0.777. The third-order valence-electron chi connectivity index (χ3n) is 4.91. The van der Waals surface area contributed by atoms with Crippen LogP contribution in [0.25, 0.3) is 11.1 Å². The molecule has 1 atom stereocenters. The molecule has 8 heteroatoms. The smallest absolute Gasteiger partial charge is 0.255 e. The zero-order valence-electron chi connectivity index (χ0n) is 14.2. The Morgan fingerprint density at radius 1 is 1.26 bits per heavy atom. The van der Waals surface area contributed by atoms with Gasteiger partial charge in [-0.25, -0.2) is 4.98 Å². The van der Waals surface area contributed by atoms with Crippen LogP contribution < -0.4 is 11.1 Å². The minimum absolute atomic E-state index is 0.208. The first-order chi connectivity index (χ1) is 13.0. The Morgan fingerprint density at radius 3 is 2.81 bits per heavy atom. The minimum atomic E-state index is -0.663. The third-order valence-corrected chi connectivity index (χ3v) is 4.91. The molecule has 0 spiro atoms. The number of nitriles is 1. The number of hydrogen-bond donors (Lipinski definition) is 2. The number of anilines is 1. The van der Waals surface area contributed by atoms with Gasteiger partial charge in [-0.05, 0) is 35.7 Å². The van der Waals surface area contributed by atoms with Crippen molar-refractivity contribution in [3.8, 4) is 17.2 Å². The van der Waals surface area contributed by atoms with E-state index in [0.717, 1.165) is 5.56 Å². The van der Waals surface area contributed by atoms with E-state index in [-0.39, 0.29) is 30.6 Å². The maximum Gasteiger partial charge on any atom is 0.255 e. The molecule has 134 valence electrons. The van der Waals surface area contributed by atoms with Crippen molar-refractivity contribution in [2.24, 2.45) is 0 Å². The fourth-order valence-electron chi connectivity index (χ4n) is 3.60. The van der Waals surface area contributed by atoms with Gasteiger partial charge in [-0.3, -0.25) is 19.7 Å². The second kappa shape index (κ2) is 6.21. The highest BCUT2D eigenvalue weighted by molar-refractivity contribution is 6.05. The minimum Gasteiger partial charge on any atom is -0.383 e. The van der Waals surface area contributed by atoms with Gasteiger partial charge in [0, 0.05) is 30.3 Å². The number of pyridine rings is 1. The van der Waals surface area contributed by atoms with Crippen LogP contribution in [-0.2, 0) is 16.1 Å². The van der Waals surface area contributed by atoms with Crippen LogP contribution in [-0.4, -0.2) is 33.6 Å². The number of amides is 3. The van der Waals surface area contributed by atoms with Crippen LogP contribution in [0.15, 0.2) is 30.5 Å². The van der Waals surface area contributed by atoms with Gasteiger partial charge in [-0.2, -0.15) is 5.26 Å². The van der Waals surface area contributed by atoms with Crippen molar-refractivity contribution < 1.29 is 14.4 Å². The average molecular weight is 361 g/mol. The van der Waals surface area contributed by atoms with Crippen molar-refractivity contribution in [3.05, 3.63) is 47.2 Å². The average Bonchev–Trinajstić information content (AvgIpc) is 2.97. The Kier molecular flexibility index (Phi) is 3.85. The predicted octanol–water partition coefficient (Wildman–Crippen LogP) is 0.963. The summed E-state index contributed by atoms with van der Waals surface area (Å²) in [6.45, 7) is 0.260. The standard InChI is InChI=1S/C19H15N5O3/c20-8-11-5-6-22-17(21)16(11)10-1-2-13-12(7-10)9-24(19(13)27)14-3-4-15(25)23-18(14)26/h1-2,5-7,14H,3-4,9H2,(H2,21,22)(H,23,25,26). The molecule has 1 unspecified atom stereocenters. The van der Waals surface area contributed by atoms with Crippen LogP contribution in [0.4, 0.5) is 5.82 Å². The van der Waals surface area contributed by atoms with E-state index in [1.165, 1.54) is 11.1 Å². The molecule has 3 heterocycles. The van der Waals surface area contributed by atoms with Crippen molar-refractivity contribution in [2.45, 2.75) is 25.4 Å². The highest BCUT2D eigenvalue weighted by atomic mass is 16.2. The number of carbonyl (C=O) groups is 3. The van der Waals surface area contributed by atoms with Crippen molar-refractivity contribution in [3.63, 3.8) is 0 Å². The fraction of sp³-hybridized carbons (Fsp3) is 0.211. The van der Waals surface area contributed by atoms with E-state index >= 15 is 0 Å². The van der Waals surface area contributed by atoms with E-state index < -0.39 is 11.9 Å². The number of rotatable bonds is 2. The number of nitrogens with zero attached hydrogens (tertiary/aromatic N) is 3. The molecule has 1 aromatic heterocycles. The van der Waals surface area contributed by atoms with Gasteiger partial charge in [0.1, 0.15) is 11.9 Å². The lowest BCUT2D eigenvalue weighted by atomic mass is 9.97. The maximum absolute atomic E-state index is 12.7. The van der Waals surface area contributed by atoms with Crippen LogP contribution in [0, 0.1) is 11.3 Å². The van der Waals surface area contributed by atoms with Gasteiger partial charge in [0.15, 0.2) is 0 Å². The number of piperidine rings is 1. The second-order valence-electron chi connectivity index (χ2n) is 6.50. The monoisotopic (exact) mass is 361 g/mol. The SMILES string of the molecule is N#Cc1ccnc(N)c1-c1ccc2c(c1)CN(C1CCC(=O)NC1=O)C2=O. The number of benzene rings is 1. The maximum atomic E-state index is 12.7. The third kappa shape index (κ3) is 2.69. The summed E-state index contributed by atoms with van der Waals surface area (Å²) in [4.78, 5) is 41.7. The van der Waals surface area contributed by atoms with Gasteiger partial charge >= 0.3 is 0 Å². The summed E-state index contributed by atoms with van der Waals surface area (Å²) in [7, 11) is 0. The second-order valence-corrected chi connectivity index (χ2v) is 6.50. The molecule has 8 nitrogen and oxygen atoms in total. The Hall–Kier alpha value is -3.73. The molecule has 0 saturated carbocycles. The summed E-state index contributed by atoms with van der Waals surface area (Å²) in [6.07, 6.45) is 1.99. The molecule has 3 N–H and O–H groups in total. The summed E-state index contributed by atoms with van der Waals surface area (Å²) in [6, 6.07) is 8.21. The normalized spacial score (nSPS) is 18.9. The molecule has 1 aromatic carbocycles. The van der Waals surface area contributed by atoms with Gasteiger partial charge in [-0.15, -0.1) is 0 Å². The van der Waals surface area contributed by atoms with Crippen molar-refractivity contribution >= 4 is 23.5 Å². The van der Waals surface area contributed by atoms with Gasteiger partial charge in [0.25, 0.3) is 5.91 Å². The highest BCUT2D eigenvalue weighted by Gasteiger charge is 2.39. The number of nitrogens with two attached hydrogens (primary N) is 1. The lowest BCUT2D eigenvalue weighted by Gasteiger charge is -2.29. The highest BCUT2D eigenvalue weighted by Crippen LogP contribution is 2.34. The van der Waals surface area contributed by atoms with Crippen LogP contribution in [0.5, 0.6) is 0 Å². The largest absolute Gasteiger partial charge is 0.383 e. The zero-order valence-corrected chi connectivity index (χ0v) is 14.2. The molecule has 0 aliphatic carbocycles. The summed E-state index contributed by atoms with van der Waals surface area (Å²) < 4.78 is 0. The Balaban J connectivity index is 1.69. The molecule has 27 heavy (non-hydrogen) atoms. The fourth-order valence-corrected chi connectivity index (χ4v) is 3.60. The number of hydrogen-bond acceptors (Lipinski definition) is 6. The molecule has 3 amide bonds. The molecular weight excluding hydrogens is 346 g/mol. The number of fused-ring (bicyclic) bond motifs is 1. The molecule has 4 rings (SSSR count). The van der Waals surface area contributed by atoms with Gasteiger partial charge < -0.3 is 10.6 Å². The van der Waals surface area contributed by atoms with E-state index in [4.69, 9.17) is 5.73 Å². The molecule has 2 aromatic rings. The molecule has 2 aliphatic heterocycles. The van der Waals surface area contributed by atoms with Crippen molar-refractivity contribution in [2.75, 3.05) is 5.73 Å². The molecule has 1 saturated heterocycles. The van der Waals surface area contributed by atoms with Crippen LogP contribution in [0.2, 0.25) is 0 Å². The van der Waals surface area contributed by atoms with Crippen molar-refractivity contribution in [1.82, 2.24) is 15.2 Å². The number of nitrogens with one attached hydrogen (secondary N) is 1. The van der Waals surface area contributed by atoms with Crippen molar-refractivity contribution in [1.29, 1.82) is 5.26 Å². The van der Waals surface area contributed by atoms with E-state index in [2.05, 4.69) is 16.4 Å². The van der Waals surface area contributed by atoms with E-state index in [0.29, 0.717) is 28.7 Å². The first-order valence-electron chi connectivity index (χ1n) is 8.42. The number of aromatic nitrogens is 1. The first kappa shape index (κ1) is 16.7. The summed E-state index contributed by atoms with van der Waals surface area (Å²) in [5.41, 5.74) is 8.81. The lowest BCUT2D eigenvalue weighted by molar-refractivity contribution is -0.136. The lowest BCUT2D eigenvalue weighted by Crippen LogP contribution is -2.52. The van der Waals surface area contributed by atoms with Crippen LogP contribution in [0.3, 0.4) is 0 Å². The Morgan fingerprint density at radius 2 is 2.07 bits per heavy atom. The number of nitrogen functional groups attached to an aromatic ring is 1. The topological polar surface area (TPSA) is 129 Å². The number of imide groups is 1. The Bertz CT molecular complexity index is 1040. The van der Waals surface area contributed by atoms with E-state index in [1.807, 2.05) is 0 Å². The molecule has 0 bridgehead atoms. The molecule has 1 fully saturated rings. The van der Waals surface area contributed by atoms with Crippen LogP contribution in [0.1, 0.15) is 34.3 Å². The molecule has 0 radical (unpaired) electrons. The predicted molar refractivity (Wildman–Crippen MR) is 94.8 cm³/mol. The number of carbonyl (C=O) groups excluding carboxylic acids is 3. The first-order valence-corrected chi connectivity index (χ1v) is 8.42. The molecular formula is C19H15N5O3. The van der Waals surface area contributed by atoms with Gasteiger partial charge in [-0.1, -0.05) is 6.07 Å². The van der Waals surface area contributed by atoms with Crippen LogP contribution >= 0.6 is 0 Å². The molecule has 2 aliphatic rings. The Labute approximate surface area is 154 Å². The van der Waals surface area contributed by atoms with E-state index in [1.54, 1.807) is 24.3 Å².